The first-order valence-corrected chi connectivity index (χ1v) is 9.06. The molecule has 5 nitrogen and oxygen atoms in total. The minimum atomic E-state index is 0. The third-order valence-electron chi connectivity index (χ3n) is 4.19. The predicted octanol–water partition coefficient (Wildman–Crippen LogP) is 3.12. The third kappa shape index (κ3) is 8.37. The fourth-order valence-electron chi connectivity index (χ4n) is 3.05. The van der Waals surface area contributed by atoms with Gasteiger partial charge in [0.1, 0.15) is 0 Å². The lowest BCUT2D eigenvalue weighted by Crippen LogP contribution is -2.44. The molecule has 0 aliphatic carbocycles. The average molecular weight is 460 g/mol. The number of ether oxygens (including phenoxy) is 1. The van der Waals surface area contributed by atoms with Crippen LogP contribution >= 0.6 is 24.0 Å². The van der Waals surface area contributed by atoms with Crippen LogP contribution in [0.25, 0.3) is 0 Å². The SMILES string of the molecule is CCCCNC(N)=NCc1ccc(CN2CC(C)OC(C)C2)cc1.I. The van der Waals surface area contributed by atoms with Gasteiger partial charge in [-0.05, 0) is 31.4 Å². The molecule has 2 unspecified atom stereocenters. The summed E-state index contributed by atoms with van der Waals surface area (Å²) in [5.74, 6) is 0.531. The molecule has 1 saturated heterocycles. The number of nitrogens with one attached hydrogen (secondary N) is 1. The summed E-state index contributed by atoms with van der Waals surface area (Å²) in [6.07, 6.45) is 2.89. The minimum Gasteiger partial charge on any atom is -0.373 e. The molecule has 1 fully saturated rings. The lowest BCUT2D eigenvalue weighted by Gasteiger charge is -2.35. The number of benzene rings is 1. The van der Waals surface area contributed by atoms with Crippen LogP contribution in [-0.2, 0) is 17.8 Å². The van der Waals surface area contributed by atoms with Crippen molar-refractivity contribution in [3.63, 3.8) is 0 Å². The van der Waals surface area contributed by atoms with E-state index in [2.05, 4.69) is 60.2 Å². The Morgan fingerprint density at radius 1 is 1.20 bits per heavy atom. The monoisotopic (exact) mass is 460 g/mol. The molecule has 142 valence electrons. The van der Waals surface area contributed by atoms with Gasteiger partial charge in [0.2, 0.25) is 0 Å². The smallest absolute Gasteiger partial charge is 0.188 e. The molecule has 0 amide bonds. The fourth-order valence-corrected chi connectivity index (χ4v) is 3.05. The van der Waals surface area contributed by atoms with Crippen molar-refractivity contribution in [3.8, 4) is 0 Å². The van der Waals surface area contributed by atoms with Crippen LogP contribution in [0.1, 0.15) is 44.7 Å². The Kier molecular flexibility index (Phi) is 10.4. The summed E-state index contributed by atoms with van der Waals surface area (Å²) >= 11 is 0. The van der Waals surface area contributed by atoms with E-state index in [4.69, 9.17) is 10.5 Å². The molecule has 25 heavy (non-hydrogen) atoms. The molecule has 1 aliphatic rings. The van der Waals surface area contributed by atoms with Gasteiger partial charge < -0.3 is 15.8 Å². The highest BCUT2D eigenvalue weighted by Gasteiger charge is 2.21. The summed E-state index contributed by atoms with van der Waals surface area (Å²) in [6.45, 7) is 10.9. The predicted molar refractivity (Wildman–Crippen MR) is 115 cm³/mol. The molecule has 1 heterocycles. The number of nitrogens with two attached hydrogens (primary N) is 1. The Morgan fingerprint density at radius 3 is 2.40 bits per heavy atom. The Balaban J connectivity index is 0.00000312. The van der Waals surface area contributed by atoms with Gasteiger partial charge in [0.05, 0.1) is 18.8 Å². The van der Waals surface area contributed by atoms with Crippen molar-refractivity contribution in [1.82, 2.24) is 10.2 Å². The molecule has 2 atom stereocenters. The molecule has 0 radical (unpaired) electrons. The third-order valence-corrected chi connectivity index (χ3v) is 4.19. The number of guanidine groups is 1. The zero-order valence-corrected chi connectivity index (χ0v) is 18.0. The molecule has 3 N–H and O–H groups in total. The zero-order chi connectivity index (χ0) is 17.4. The number of morpholine rings is 1. The van der Waals surface area contributed by atoms with E-state index in [0.717, 1.165) is 39.0 Å². The lowest BCUT2D eigenvalue weighted by molar-refractivity contribution is -0.0704. The maximum Gasteiger partial charge on any atom is 0.188 e. The fraction of sp³-hybridized carbons (Fsp3) is 0.632. The molecule has 6 heteroatoms. The van der Waals surface area contributed by atoms with E-state index in [9.17, 15) is 0 Å². The van der Waals surface area contributed by atoms with Crippen molar-refractivity contribution in [2.75, 3.05) is 19.6 Å². The normalized spacial score (nSPS) is 21.6. The maximum atomic E-state index is 5.86. The number of rotatable bonds is 7. The van der Waals surface area contributed by atoms with E-state index in [-0.39, 0.29) is 24.0 Å². The Labute approximate surface area is 169 Å². The summed E-state index contributed by atoms with van der Waals surface area (Å²) in [7, 11) is 0. The van der Waals surface area contributed by atoms with E-state index in [1.165, 1.54) is 11.1 Å². The summed E-state index contributed by atoms with van der Waals surface area (Å²) < 4.78 is 5.79. The number of hydrogen-bond donors (Lipinski definition) is 2. The van der Waals surface area contributed by atoms with Gasteiger partial charge in [-0.3, -0.25) is 4.90 Å². The molecule has 0 bridgehead atoms. The summed E-state index contributed by atoms with van der Waals surface area (Å²) in [5, 5.41) is 3.14. The van der Waals surface area contributed by atoms with Crippen LogP contribution in [0.2, 0.25) is 0 Å². The molecule has 0 saturated carbocycles. The summed E-state index contributed by atoms with van der Waals surface area (Å²) in [5.41, 5.74) is 8.38. The first-order valence-electron chi connectivity index (χ1n) is 9.06. The van der Waals surface area contributed by atoms with Crippen LogP contribution < -0.4 is 11.1 Å². The number of nitrogens with zero attached hydrogens (tertiary/aromatic N) is 2. The van der Waals surface area contributed by atoms with E-state index in [1.807, 2.05) is 0 Å². The van der Waals surface area contributed by atoms with Gasteiger partial charge in [0.15, 0.2) is 5.96 Å². The molecule has 0 aromatic heterocycles. The Morgan fingerprint density at radius 2 is 1.80 bits per heavy atom. The van der Waals surface area contributed by atoms with E-state index in [1.54, 1.807) is 0 Å². The molecule has 1 aromatic rings. The Bertz CT molecular complexity index is 511. The van der Waals surface area contributed by atoms with Gasteiger partial charge in [0, 0.05) is 26.2 Å². The molecule has 0 spiro atoms. The first kappa shape index (κ1) is 22.2. The van der Waals surface area contributed by atoms with E-state index in [0.29, 0.717) is 24.7 Å². The number of hydrogen-bond acceptors (Lipinski definition) is 3. The number of unbranched alkanes of at least 4 members (excludes halogenated alkanes) is 1. The van der Waals surface area contributed by atoms with Crippen LogP contribution in [0.4, 0.5) is 0 Å². The van der Waals surface area contributed by atoms with Crippen LogP contribution in [0.5, 0.6) is 0 Å². The second kappa shape index (κ2) is 11.7. The summed E-state index contributed by atoms with van der Waals surface area (Å²) in [6, 6.07) is 8.67. The lowest BCUT2D eigenvalue weighted by atomic mass is 10.1. The highest BCUT2D eigenvalue weighted by molar-refractivity contribution is 14.0. The highest BCUT2D eigenvalue weighted by atomic mass is 127. The highest BCUT2D eigenvalue weighted by Crippen LogP contribution is 2.15. The van der Waals surface area contributed by atoms with Crippen molar-refractivity contribution in [2.45, 2.75) is 58.9 Å². The van der Waals surface area contributed by atoms with Gasteiger partial charge in [-0.15, -0.1) is 24.0 Å². The second-order valence-electron chi connectivity index (χ2n) is 6.75. The van der Waals surface area contributed by atoms with Crippen molar-refractivity contribution in [2.24, 2.45) is 10.7 Å². The number of aliphatic imine (C=N–C) groups is 1. The number of halogens is 1. The van der Waals surface area contributed by atoms with Crippen molar-refractivity contribution >= 4 is 29.9 Å². The van der Waals surface area contributed by atoms with Crippen LogP contribution in [0, 0.1) is 0 Å². The molecule has 1 aromatic carbocycles. The van der Waals surface area contributed by atoms with Gasteiger partial charge >= 0.3 is 0 Å². The molecular weight excluding hydrogens is 427 g/mol. The Hall–Kier alpha value is -0.860. The molecular formula is C19H33IN4O. The zero-order valence-electron chi connectivity index (χ0n) is 15.7. The van der Waals surface area contributed by atoms with Crippen LogP contribution in [0.15, 0.2) is 29.3 Å². The van der Waals surface area contributed by atoms with Crippen LogP contribution in [-0.4, -0.2) is 42.7 Å². The first-order chi connectivity index (χ1) is 11.6. The van der Waals surface area contributed by atoms with Crippen molar-refractivity contribution in [3.05, 3.63) is 35.4 Å². The van der Waals surface area contributed by atoms with Crippen LogP contribution in [0.3, 0.4) is 0 Å². The standard InChI is InChI=1S/C19H32N4O.HI/c1-4-5-10-21-19(20)22-11-17-6-8-18(9-7-17)14-23-12-15(2)24-16(3)13-23;/h6-9,15-16H,4-5,10-14H2,1-3H3,(H3,20,21,22);1H. The van der Waals surface area contributed by atoms with Crippen molar-refractivity contribution in [1.29, 1.82) is 0 Å². The van der Waals surface area contributed by atoms with Gasteiger partial charge in [-0.25, -0.2) is 4.99 Å². The van der Waals surface area contributed by atoms with E-state index >= 15 is 0 Å². The second-order valence-corrected chi connectivity index (χ2v) is 6.75. The molecule has 1 aliphatic heterocycles. The quantitative estimate of drug-likeness (QED) is 0.284. The van der Waals surface area contributed by atoms with Gasteiger partial charge in [-0.2, -0.15) is 0 Å². The van der Waals surface area contributed by atoms with Gasteiger partial charge in [0.25, 0.3) is 0 Å². The minimum absolute atomic E-state index is 0. The van der Waals surface area contributed by atoms with Crippen molar-refractivity contribution < 1.29 is 4.74 Å². The van der Waals surface area contributed by atoms with E-state index < -0.39 is 0 Å². The summed E-state index contributed by atoms with van der Waals surface area (Å²) in [4.78, 5) is 6.85. The maximum absolute atomic E-state index is 5.86. The average Bonchev–Trinajstić information content (AvgIpc) is 2.53. The topological polar surface area (TPSA) is 62.9 Å². The largest absolute Gasteiger partial charge is 0.373 e. The molecule has 2 rings (SSSR count). The van der Waals surface area contributed by atoms with Gasteiger partial charge in [-0.1, -0.05) is 37.6 Å².